The fraction of sp³-hybridized carbons (Fsp3) is 0.667. The number of aryl methyl sites for hydroxylation is 2. The van der Waals surface area contributed by atoms with Crippen LogP contribution in [0.5, 0.6) is 0 Å². The third kappa shape index (κ3) is 5.82. The molecule has 2 atom stereocenters. The number of methoxy groups -OCH3 is 1. The number of rotatable bonds is 8. The summed E-state index contributed by atoms with van der Waals surface area (Å²) in [6.07, 6.45) is 3.55. The summed E-state index contributed by atoms with van der Waals surface area (Å²) in [6.45, 7) is 10.1. The van der Waals surface area contributed by atoms with Crippen molar-refractivity contribution in [2.24, 2.45) is 0 Å². The summed E-state index contributed by atoms with van der Waals surface area (Å²) in [6, 6.07) is 9.48. The second-order valence-electron chi connectivity index (χ2n) is 7.25. The highest BCUT2D eigenvalue weighted by Gasteiger charge is 2.30. The molecular formula is C21H34N2O2. The van der Waals surface area contributed by atoms with Crippen LogP contribution in [0, 0.1) is 0 Å². The predicted octanol–water partition coefficient (Wildman–Crippen LogP) is 3.14. The monoisotopic (exact) mass is 346 g/mol. The quantitative estimate of drug-likeness (QED) is 0.678. The molecule has 1 fully saturated rings. The predicted molar refractivity (Wildman–Crippen MR) is 103 cm³/mol. The van der Waals surface area contributed by atoms with Crippen LogP contribution in [-0.4, -0.2) is 61.1 Å². The van der Waals surface area contributed by atoms with Crippen LogP contribution in [0.2, 0.25) is 0 Å². The molecule has 140 valence electrons. The number of nitrogens with zero attached hydrogens (tertiary/aromatic N) is 2. The zero-order chi connectivity index (χ0) is 18.2. The van der Waals surface area contributed by atoms with Gasteiger partial charge in [0.05, 0.1) is 0 Å². The van der Waals surface area contributed by atoms with E-state index in [4.69, 9.17) is 4.74 Å². The zero-order valence-electron chi connectivity index (χ0n) is 16.3. The minimum absolute atomic E-state index is 0.287. The van der Waals surface area contributed by atoms with Crippen molar-refractivity contribution < 1.29 is 9.53 Å². The molecule has 1 aliphatic rings. The Kier molecular flexibility index (Phi) is 7.91. The van der Waals surface area contributed by atoms with Gasteiger partial charge in [0.15, 0.2) is 0 Å². The Labute approximate surface area is 153 Å². The van der Waals surface area contributed by atoms with E-state index in [0.717, 1.165) is 45.5 Å². The molecule has 1 aromatic rings. The molecule has 2 unspecified atom stereocenters. The van der Waals surface area contributed by atoms with E-state index in [2.05, 4.69) is 54.8 Å². The number of carbonyl (C=O) groups is 1. The molecule has 0 spiro atoms. The average molecular weight is 347 g/mol. The van der Waals surface area contributed by atoms with Crippen LogP contribution in [0.25, 0.3) is 0 Å². The van der Waals surface area contributed by atoms with Gasteiger partial charge in [-0.2, -0.15) is 0 Å². The summed E-state index contributed by atoms with van der Waals surface area (Å²) in [7, 11) is 1.75. The SMILES string of the molecule is CCc1ccc(CCC(=O)N2CC(C)N(CCCOC)C(C)C2)cc1. The maximum Gasteiger partial charge on any atom is 0.223 e. The van der Waals surface area contributed by atoms with Crippen molar-refractivity contribution >= 4 is 5.91 Å². The van der Waals surface area contributed by atoms with E-state index in [-0.39, 0.29) is 5.91 Å². The van der Waals surface area contributed by atoms with Gasteiger partial charge in [-0.25, -0.2) is 0 Å². The number of piperazine rings is 1. The molecule has 4 heteroatoms. The molecule has 1 amide bonds. The first-order valence-corrected chi connectivity index (χ1v) is 9.65. The maximum atomic E-state index is 12.6. The van der Waals surface area contributed by atoms with Crippen molar-refractivity contribution in [2.45, 2.75) is 58.5 Å². The topological polar surface area (TPSA) is 32.8 Å². The Bertz CT molecular complexity index is 517. The summed E-state index contributed by atoms with van der Waals surface area (Å²) < 4.78 is 5.16. The van der Waals surface area contributed by atoms with Crippen LogP contribution >= 0.6 is 0 Å². The van der Waals surface area contributed by atoms with Gasteiger partial charge >= 0.3 is 0 Å². The van der Waals surface area contributed by atoms with E-state index < -0.39 is 0 Å². The second kappa shape index (κ2) is 9.93. The van der Waals surface area contributed by atoms with Crippen molar-refractivity contribution in [3.63, 3.8) is 0 Å². The first-order chi connectivity index (χ1) is 12.0. The van der Waals surface area contributed by atoms with Gasteiger partial charge in [-0.05, 0) is 44.2 Å². The van der Waals surface area contributed by atoms with Crippen LogP contribution in [0.1, 0.15) is 44.7 Å². The van der Waals surface area contributed by atoms with Crippen molar-refractivity contribution in [1.82, 2.24) is 9.80 Å². The van der Waals surface area contributed by atoms with Crippen LogP contribution in [0.15, 0.2) is 24.3 Å². The fourth-order valence-electron chi connectivity index (χ4n) is 3.74. The number of ether oxygens (including phenoxy) is 1. The smallest absolute Gasteiger partial charge is 0.223 e. The van der Waals surface area contributed by atoms with E-state index in [1.807, 2.05) is 0 Å². The van der Waals surface area contributed by atoms with Crippen LogP contribution in [-0.2, 0) is 22.4 Å². The number of hydrogen-bond donors (Lipinski definition) is 0. The third-order valence-corrected chi connectivity index (χ3v) is 5.28. The minimum Gasteiger partial charge on any atom is -0.385 e. The van der Waals surface area contributed by atoms with Crippen molar-refractivity contribution in [1.29, 1.82) is 0 Å². The molecular weight excluding hydrogens is 312 g/mol. The lowest BCUT2D eigenvalue weighted by molar-refractivity contribution is -0.135. The van der Waals surface area contributed by atoms with E-state index in [0.29, 0.717) is 18.5 Å². The minimum atomic E-state index is 0.287. The van der Waals surface area contributed by atoms with Crippen LogP contribution in [0.3, 0.4) is 0 Å². The second-order valence-corrected chi connectivity index (χ2v) is 7.25. The van der Waals surface area contributed by atoms with E-state index >= 15 is 0 Å². The van der Waals surface area contributed by atoms with Gasteiger partial charge in [-0.15, -0.1) is 0 Å². The lowest BCUT2D eigenvalue weighted by atomic mass is 10.0. The van der Waals surface area contributed by atoms with Gasteiger partial charge in [0.25, 0.3) is 0 Å². The maximum absolute atomic E-state index is 12.6. The van der Waals surface area contributed by atoms with E-state index in [9.17, 15) is 4.79 Å². The highest BCUT2D eigenvalue weighted by atomic mass is 16.5. The molecule has 0 aliphatic carbocycles. The van der Waals surface area contributed by atoms with Gasteiger partial charge in [0.1, 0.15) is 0 Å². The van der Waals surface area contributed by atoms with Crippen molar-refractivity contribution in [3.8, 4) is 0 Å². The van der Waals surface area contributed by atoms with Crippen molar-refractivity contribution in [2.75, 3.05) is 33.4 Å². The molecule has 0 bridgehead atoms. The molecule has 0 radical (unpaired) electrons. The lowest BCUT2D eigenvalue weighted by Crippen LogP contribution is -2.58. The molecule has 1 heterocycles. The summed E-state index contributed by atoms with van der Waals surface area (Å²) in [4.78, 5) is 17.2. The Hall–Kier alpha value is -1.39. The van der Waals surface area contributed by atoms with Gasteiger partial charge in [0, 0.05) is 51.9 Å². The Morgan fingerprint density at radius 3 is 2.28 bits per heavy atom. The Morgan fingerprint density at radius 2 is 1.72 bits per heavy atom. The number of amides is 1. The third-order valence-electron chi connectivity index (χ3n) is 5.28. The highest BCUT2D eigenvalue weighted by molar-refractivity contribution is 5.76. The highest BCUT2D eigenvalue weighted by Crippen LogP contribution is 2.18. The van der Waals surface area contributed by atoms with Gasteiger partial charge in [-0.1, -0.05) is 31.2 Å². The molecule has 0 saturated carbocycles. The molecule has 1 aliphatic heterocycles. The van der Waals surface area contributed by atoms with Gasteiger partial charge in [0.2, 0.25) is 5.91 Å². The standard InChI is InChI=1S/C21H34N2O2/c1-5-19-7-9-20(10-8-19)11-12-21(24)22-15-17(2)23(18(3)16-22)13-6-14-25-4/h7-10,17-18H,5-6,11-16H2,1-4H3. The summed E-state index contributed by atoms with van der Waals surface area (Å²) in [5.41, 5.74) is 2.60. The normalized spacial score (nSPS) is 21.5. The Balaban J connectivity index is 1.81. The summed E-state index contributed by atoms with van der Waals surface area (Å²) >= 11 is 0. The fourth-order valence-corrected chi connectivity index (χ4v) is 3.74. The molecule has 25 heavy (non-hydrogen) atoms. The van der Waals surface area contributed by atoms with Gasteiger partial charge < -0.3 is 9.64 Å². The first kappa shape index (κ1) is 19.9. The molecule has 0 aromatic heterocycles. The molecule has 2 rings (SSSR count). The summed E-state index contributed by atoms with van der Waals surface area (Å²) in [5, 5.41) is 0. The molecule has 1 saturated heterocycles. The zero-order valence-corrected chi connectivity index (χ0v) is 16.3. The Morgan fingerprint density at radius 1 is 1.12 bits per heavy atom. The number of benzene rings is 1. The van der Waals surface area contributed by atoms with E-state index in [1.54, 1.807) is 7.11 Å². The molecule has 4 nitrogen and oxygen atoms in total. The van der Waals surface area contributed by atoms with Crippen LogP contribution < -0.4 is 0 Å². The molecule has 1 aromatic carbocycles. The lowest BCUT2D eigenvalue weighted by Gasteiger charge is -2.44. The number of carbonyl (C=O) groups excluding carboxylic acids is 1. The average Bonchev–Trinajstić information content (AvgIpc) is 2.62. The number of hydrogen-bond acceptors (Lipinski definition) is 3. The largest absolute Gasteiger partial charge is 0.385 e. The van der Waals surface area contributed by atoms with Crippen LogP contribution in [0.4, 0.5) is 0 Å². The van der Waals surface area contributed by atoms with E-state index in [1.165, 1.54) is 11.1 Å². The summed E-state index contributed by atoms with van der Waals surface area (Å²) in [5.74, 6) is 0.287. The first-order valence-electron chi connectivity index (χ1n) is 9.65. The van der Waals surface area contributed by atoms with Gasteiger partial charge in [-0.3, -0.25) is 9.69 Å². The molecule has 0 N–H and O–H groups in total. The van der Waals surface area contributed by atoms with Crippen molar-refractivity contribution in [3.05, 3.63) is 35.4 Å².